The van der Waals surface area contributed by atoms with E-state index in [0.717, 1.165) is 0 Å². The number of ether oxygens (including phenoxy) is 1. The van der Waals surface area contributed by atoms with E-state index in [-0.39, 0.29) is 28.3 Å². The molecule has 2 aliphatic rings. The van der Waals surface area contributed by atoms with Crippen molar-refractivity contribution in [2.24, 2.45) is 11.1 Å². The smallest absolute Gasteiger partial charge is 0.273 e. The van der Waals surface area contributed by atoms with Gasteiger partial charge in [-0.15, -0.1) is 0 Å². The third-order valence-electron chi connectivity index (χ3n) is 5.68. The van der Waals surface area contributed by atoms with E-state index in [1.807, 2.05) is 13.8 Å². The van der Waals surface area contributed by atoms with E-state index >= 15 is 0 Å². The van der Waals surface area contributed by atoms with E-state index in [0.29, 0.717) is 46.8 Å². The van der Waals surface area contributed by atoms with Gasteiger partial charge in [0, 0.05) is 35.6 Å². The van der Waals surface area contributed by atoms with E-state index in [1.165, 1.54) is 6.07 Å². The van der Waals surface area contributed by atoms with E-state index in [9.17, 15) is 20.2 Å². The lowest BCUT2D eigenvalue weighted by Crippen LogP contribution is -2.33. The molecule has 8 nitrogen and oxygen atoms in total. The highest BCUT2D eigenvalue weighted by molar-refractivity contribution is 5.99. The first kappa shape index (κ1) is 20.4. The molecule has 2 aromatic rings. The number of carbonyl (C=O) groups is 1. The normalized spacial score (nSPS) is 20.2. The van der Waals surface area contributed by atoms with Crippen LogP contribution in [0.2, 0.25) is 0 Å². The maximum atomic E-state index is 13.0. The second-order valence-corrected chi connectivity index (χ2v) is 8.66. The lowest BCUT2D eigenvalue weighted by molar-refractivity contribution is -0.385. The van der Waals surface area contributed by atoms with Gasteiger partial charge in [-0.1, -0.05) is 26.0 Å². The number of Topliss-reactive ketones (excluding diaryl/α,β-unsaturated/α-hetero) is 1. The van der Waals surface area contributed by atoms with Gasteiger partial charge in [0.25, 0.3) is 5.69 Å². The number of nitriles is 1. The molecular formula is C23H21N3O5. The fraction of sp³-hybridized carbons (Fsp3) is 0.304. The molecular weight excluding hydrogens is 398 g/mol. The van der Waals surface area contributed by atoms with Crippen LogP contribution in [0, 0.1) is 33.8 Å². The van der Waals surface area contributed by atoms with Crippen LogP contribution < -0.4 is 5.73 Å². The van der Waals surface area contributed by atoms with E-state index in [2.05, 4.69) is 6.07 Å². The summed E-state index contributed by atoms with van der Waals surface area (Å²) < 4.78 is 11.7. The van der Waals surface area contributed by atoms with Crippen molar-refractivity contribution < 1.29 is 18.9 Å². The highest BCUT2D eigenvalue weighted by Crippen LogP contribution is 2.48. The SMILES string of the molecule is Cc1ccc(-c2ccc(C3C(C#N)=C(N)OC4=C3C(=O)CC(C)(C)C4)o2)cc1[N+](=O)[O-]. The molecule has 0 fully saturated rings. The summed E-state index contributed by atoms with van der Waals surface area (Å²) in [4.78, 5) is 23.8. The minimum absolute atomic E-state index is 0.0157. The summed E-state index contributed by atoms with van der Waals surface area (Å²) in [6.45, 7) is 5.61. The number of hydrogen-bond donors (Lipinski definition) is 1. The molecule has 0 saturated heterocycles. The van der Waals surface area contributed by atoms with Crippen molar-refractivity contribution in [3.05, 3.63) is 74.6 Å². The first-order valence-corrected chi connectivity index (χ1v) is 9.80. The number of benzene rings is 1. The van der Waals surface area contributed by atoms with Crippen LogP contribution in [0.15, 0.2) is 57.5 Å². The zero-order valence-electron chi connectivity index (χ0n) is 17.4. The van der Waals surface area contributed by atoms with Crippen molar-refractivity contribution in [2.45, 2.75) is 39.5 Å². The van der Waals surface area contributed by atoms with Crippen LogP contribution in [0.4, 0.5) is 5.69 Å². The van der Waals surface area contributed by atoms with Crippen LogP contribution in [0.1, 0.15) is 43.9 Å². The molecule has 0 bridgehead atoms. The number of rotatable bonds is 3. The topological polar surface area (TPSA) is 132 Å². The maximum Gasteiger partial charge on any atom is 0.273 e. The second-order valence-electron chi connectivity index (χ2n) is 8.66. The molecule has 31 heavy (non-hydrogen) atoms. The molecule has 4 rings (SSSR count). The molecule has 2 N–H and O–H groups in total. The lowest BCUT2D eigenvalue weighted by atomic mass is 9.71. The fourth-order valence-corrected chi connectivity index (χ4v) is 4.19. The Morgan fingerprint density at radius 2 is 2.00 bits per heavy atom. The first-order valence-electron chi connectivity index (χ1n) is 9.80. The van der Waals surface area contributed by atoms with Crippen molar-refractivity contribution in [1.82, 2.24) is 0 Å². The molecule has 1 aromatic heterocycles. The molecule has 0 saturated carbocycles. The van der Waals surface area contributed by atoms with E-state index < -0.39 is 10.8 Å². The zero-order chi connectivity index (χ0) is 22.5. The van der Waals surface area contributed by atoms with Gasteiger partial charge < -0.3 is 14.9 Å². The van der Waals surface area contributed by atoms with Gasteiger partial charge in [-0.2, -0.15) is 5.26 Å². The zero-order valence-corrected chi connectivity index (χ0v) is 17.4. The monoisotopic (exact) mass is 419 g/mol. The summed E-state index contributed by atoms with van der Waals surface area (Å²) in [7, 11) is 0. The number of nitro benzene ring substituents is 1. The number of allylic oxidation sites excluding steroid dienone is 3. The molecule has 1 atom stereocenters. The van der Waals surface area contributed by atoms with Gasteiger partial charge in [-0.05, 0) is 24.5 Å². The van der Waals surface area contributed by atoms with Crippen LogP contribution in [-0.4, -0.2) is 10.7 Å². The Hall–Kier alpha value is -3.86. The van der Waals surface area contributed by atoms with Gasteiger partial charge in [0.2, 0.25) is 5.88 Å². The van der Waals surface area contributed by atoms with Gasteiger partial charge in [0.1, 0.15) is 28.9 Å². The summed E-state index contributed by atoms with van der Waals surface area (Å²) in [5.74, 6) is 0.298. The average molecular weight is 419 g/mol. The minimum Gasteiger partial charge on any atom is -0.460 e. The number of carbonyl (C=O) groups excluding carboxylic acids is 1. The lowest BCUT2D eigenvalue weighted by Gasteiger charge is -2.36. The quantitative estimate of drug-likeness (QED) is 0.567. The number of nitrogens with zero attached hydrogens (tertiary/aromatic N) is 2. The van der Waals surface area contributed by atoms with Crippen molar-refractivity contribution in [3.63, 3.8) is 0 Å². The largest absolute Gasteiger partial charge is 0.460 e. The van der Waals surface area contributed by atoms with Crippen molar-refractivity contribution in [3.8, 4) is 17.4 Å². The Kier molecular flexibility index (Phi) is 4.69. The van der Waals surface area contributed by atoms with Crippen LogP contribution in [-0.2, 0) is 9.53 Å². The standard InChI is InChI=1S/C23H21N3O5/c1-12-4-5-13(8-15(12)26(28)29)17-6-7-18(30-17)20-14(11-24)22(25)31-19-10-23(2,3)9-16(27)21(19)20/h4-8,20H,9-10,25H2,1-3H3. The molecule has 0 radical (unpaired) electrons. The van der Waals surface area contributed by atoms with Gasteiger partial charge in [0.05, 0.1) is 10.8 Å². The van der Waals surface area contributed by atoms with Gasteiger partial charge in [-0.25, -0.2) is 0 Å². The van der Waals surface area contributed by atoms with Crippen LogP contribution in [0.5, 0.6) is 0 Å². The Labute approximate surface area is 178 Å². The Bertz CT molecular complexity index is 1230. The first-order chi connectivity index (χ1) is 14.6. The van der Waals surface area contributed by atoms with Crippen molar-refractivity contribution in [2.75, 3.05) is 0 Å². The number of nitro groups is 1. The fourth-order valence-electron chi connectivity index (χ4n) is 4.19. The number of hydrogen-bond acceptors (Lipinski definition) is 7. The van der Waals surface area contributed by atoms with Crippen molar-refractivity contribution >= 4 is 11.5 Å². The van der Waals surface area contributed by atoms with Crippen LogP contribution >= 0.6 is 0 Å². The molecule has 2 heterocycles. The number of ketones is 1. The van der Waals surface area contributed by atoms with Gasteiger partial charge in [0.15, 0.2) is 5.78 Å². The summed E-state index contributed by atoms with van der Waals surface area (Å²) in [5, 5.41) is 21.0. The molecule has 1 aliphatic heterocycles. The van der Waals surface area contributed by atoms with Gasteiger partial charge >= 0.3 is 0 Å². The third kappa shape index (κ3) is 3.48. The summed E-state index contributed by atoms with van der Waals surface area (Å²) in [5.41, 5.74) is 7.29. The average Bonchev–Trinajstić information content (AvgIpc) is 3.15. The Morgan fingerprint density at radius 3 is 2.68 bits per heavy atom. The Morgan fingerprint density at radius 1 is 1.26 bits per heavy atom. The molecule has 1 aromatic carbocycles. The third-order valence-corrected chi connectivity index (χ3v) is 5.68. The summed E-state index contributed by atoms with van der Waals surface area (Å²) >= 11 is 0. The summed E-state index contributed by atoms with van der Waals surface area (Å²) in [6.07, 6.45) is 0.837. The molecule has 0 spiro atoms. The molecule has 1 aliphatic carbocycles. The van der Waals surface area contributed by atoms with Crippen LogP contribution in [0.25, 0.3) is 11.3 Å². The Balaban J connectivity index is 1.81. The highest BCUT2D eigenvalue weighted by Gasteiger charge is 2.44. The molecule has 0 amide bonds. The van der Waals surface area contributed by atoms with Crippen LogP contribution in [0.3, 0.4) is 0 Å². The minimum atomic E-state index is -0.772. The maximum absolute atomic E-state index is 13.0. The predicted octanol–water partition coefficient (Wildman–Crippen LogP) is 4.61. The van der Waals surface area contributed by atoms with Crippen molar-refractivity contribution in [1.29, 1.82) is 5.26 Å². The van der Waals surface area contributed by atoms with E-state index in [1.54, 1.807) is 31.2 Å². The summed E-state index contributed by atoms with van der Waals surface area (Å²) in [6, 6.07) is 10.2. The second kappa shape index (κ2) is 7.13. The number of aryl methyl sites for hydroxylation is 1. The number of furan rings is 1. The van der Waals surface area contributed by atoms with Gasteiger partial charge in [-0.3, -0.25) is 14.9 Å². The number of nitrogens with two attached hydrogens (primary N) is 1. The molecule has 1 unspecified atom stereocenters. The van der Waals surface area contributed by atoms with E-state index in [4.69, 9.17) is 14.9 Å². The molecule has 158 valence electrons. The molecule has 8 heteroatoms. The highest BCUT2D eigenvalue weighted by atomic mass is 16.6. The predicted molar refractivity (Wildman–Crippen MR) is 111 cm³/mol.